The van der Waals surface area contributed by atoms with Crippen LogP contribution in [0.25, 0.3) is 5.65 Å². The van der Waals surface area contributed by atoms with Crippen LogP contribution in [0.3, 0.4) is 0 Å². The van der Waals surface area contributed by atoms with Gasteiger partial charge in [0.25, 0.3) is 0 Å². The number of nitrogens with zero attached hydrogens (tertiary/aromatic N) is 7. The first-order valence-corrected chi connectivity index (χ1v) is 21.9. The van der Waals surface area contributed by atoms with Crippen molar-refractivity contribution in [2.24, 2.45) is 5.92 Å². The Bertz CT molecular complexity index is 2750. The van der Waals surface area contributed by atoms with Gasteiger partial charge in [0.1, 0.15) is 39.4 Å². The molecule has 2 saturated carbocycles. The highest BCUT2D eigenvalue weighted by molar-refractivity contribution is 7.89. The molecule has 2 amide bonds. The lowest BCUT2D eigenvalue weighted by atomic mass is 10.1. The van der Waals surface area contributed by atoms with E-state index in [0.29, 0.717) is 63.6 Å². The average Bonchev–Trinajstić information content (AvgIpc) is 4.24. The fourth-order valence-electron chi connectivity index (χ4n) is 7.86. The van der Waals surface area contributed by atoms with E-state index < -0.39 is 22.0 Å². The summed E-state index contributed by atoms with van der Waals surface area (Å²) in [6.07, 6.45) is 6.91. The number of rotatable bonds is 17. The summed E-state index contributed by atoms with van der Waals surface area (Å²) in [7, 11) is 2.97. The van der Waals surface area contributed by atoms with Crippen LogP contribution < -0.4 is 28.7 Å². The molecule has 0 radical (unpaired) electrons. The van der Waals surface area contributed by atoms with E-state index in [1.54, 1.807) is 54.9 Å². The molecular formula is C46H49N7O9S. The minimum atomic E-state index is -4.55. The van der Waals surface area contributed by atoms with E-state index in [-0.39, 0.29) is 47.7 Å². The van der Waals surface area contributed by atoms with Gasteiger partial charge in [-0.25, -0.2) is 28.2 Å². The van der Waals surface area contributed by atoms with Gasteiger partial charge in [-0.2, -0.15) is 4.31 Å². The van der Waals surface area contributed by atoms with Crippen molar-refractivity contribution < 1.29 is 42.1 Å². The number of carbonyl (C=O) groups is 2. The number of sulfonamides is 1. The number of fused-ring (bicyclic) bond motifs is 1. The second-order valence-corrected chi connectivity index (χ2v) is 17.7. The fraction of sp³-hybridized carbons (Fsp3) is 0.326. The molecule has 6 aromatic rings. The van der Waals surface area contributed by atoms with Crippen LogP contribution in [-0.4, -0.2) is 84.7 Å². The Morgan fingerprint density at radius 3 is 2.06 bits per heavy atom. The standard InChI is InChI=1S/C46H49N7O9S/c1-28-17-18-47-44(48-28)37-22-38(37)45(54)50(2)39-19-34(53(46(55)56)27-33-26-51-23-30(29-7-8-29)11-16-43(51)49-33)12-15-42(39)63(57,58)52(24-31-9-13-35(59-3)20-40(31)61-5)25-32-10-14-36(60-4)21-41(32)62-6/h9-21,23,26,29,37-38H,7-8,22,24-25,27H2,1-6H3,(H,55,56)/t37-,38-/m0/s1. The first-order valence-electron chi connectivity index (χ1n) is 20.4. The van der Waals surface area contributed by atoms with Crippen LogP contribution in [0.2, 0.25) is 0 Å². The van der Waals surface area contributed by atoms with Crippen molar-refractivity contribution >= 4 is 39.0 Å². The number of benzene rings is 3. The first-order chi connectivity index (χ1) is 30.3. The molecule has 0 spiro atoms. The Labute approximate surface area is 365 Å². The monoisotopic (exact) mass is 875 g/mol. The van der Waals surface area contributed by atoms with Gasteiger partial charge in [-0.1, -0.05) is 18.2 Å². The molecule has 2 aliphatic rings. The van der Waals surface area contributed by atoms with Gasteiger partial charge in [0, 0.05) is 85.2 Å². The summed E-state index contributed by atoms with van der Waals surface area (Å²) in [5.74, 6) is 1.70. The maximum atomic E-state index is 15.4. The van der Waals surface area contributed by atoms with Crippen molar-refractivity contribution in [3.63, 3.8) is 0 Å². The molecule has 3 heterocycles. The van der Waals surface area contributed by atoms with Crippen molar-refractivity contribution in [1.82, 2.24) is 23.7 Å². The lowest BCUT2D eigenvalue weighted by Crippen LogP contribution is -2.35. The maximum absolute atomic E-state index is 15.4. The Hall–Kier alpha value is -6.72. The summed E-state index contributed by atoms with van der Waals surface area (Å²) in [6, 6.07) is 20.2. The van der Waals surface area contributed by atoms with Gasteiger partial charge in [-0.3, -0.25) is 9.69 Å². The molecule has 0 unspecified atom stereocenters. The van der Waals surface area contributed by atoms with Crippen molar-refractivity contribution in [1.29, 1.82) is 0 Å². The van der Waals surface area contributed by atoms with Crippen LogP contribution in [0.1, 0.15) is 65.0 Å². The number of carbonyl (C=O) groups excluding carboxylic acids is 1. The number of imidazole rings is 1. The molecule has 2 aliphatic carbocycles. The zero-order valence-corrected chi connectivity index (χ0v) is 36.7. The second kappa shape index (κ2) is 17.6. The molecule has 328 valence electrons. The zero-order chi connectivity index (χ0) is 44.6. The van der Waals surface area contributed by atoms with Crippen LogP contribution in [0.4, 0.5) is 16.2 Å². The van der Waals surface area contributed by atoms with Crippen molar-refractivity contribution in [3.05, 3.63) is 125 Å². The molecule has 3 aromatic heterocycles. The van der Waals surface area contributed by atoms with Crippen LogP contribution in [-0.2, 0) is 34.5 Å². The molecule has 0 bridgehead atoms. The van der Waals surface area contributed by atoms with Gasteiger partial charge in [-0.15, -0.1) is 0 Å². The number of carboxylic acid groups (broad SMARTS) is 1. The minimum Gasteiger partial charge on any atom is -0.497 e. The molecule has 17 heteroatoms. The summed E-state index contributed by atoms with van der Waals surface area (Å²) >= 11 is 0. The Morgan fingerprint density at radius 2 is 1.48 bits per heavy atom. The fourth-order valence-corrected chi connectivity index (χ4v) is 9.46. The molecule has 0 aliphatic heterocycles. The summed E-state index contributed by atoms with van der Waals surface area (Å²) in [4.78, 5) is 43.3. The zero-order valence-electron chi connectivity index (χ0n) is 35.9. The van der Waals surface area contributed by atoms with Crippen molar-refractivity contribution in [2.45, 2.75) is 62.6 Å². The molecule has 2 atom stereocenters. The number of anilines is 2. The highest BCUT2D eigenvalue weighted by Gasteiger charge is 2.48. The third-order valence-corrected chi connectivity index (χ3v) is 13.5. The normalized spacial score (nSPS) is 15.9. The third-order valence-electron chi connectivity index (χ3n) is 11.6. The first kappa shape index (κ1) is 42.9. The van der Waals surface area contributed by atoms with E-state index in [2.05, 4.69) is 9.97 Å². The van der Waals surface area contributed by atoms with Gasteiger partial charge < -0.3 is 33.4 Å². The van der Waals surface area contributed by atoms with Gasteiger partial charge in [0.15, 0.2) is 0 Å². The Kier molecular flexibility index (Phi) is 12.0. The van der Waals surface area contributed by atoms with E-state index in [1.165, 1.54) is 68.5 Å². The lowest BCUT2D eigenvalue weighted by Gasteiger charge is -2.29. The van der Waals surface area contributed by atoms with Crippen molar-refractivity contribution in [2.75, 3.05) is 45.3 Å². The van der Waals surface area contributed by atoms with Crippen LogP contribution in [0.5, 0.6) is 23.0 Å². The summed E-state index contributed by atoms with van der Waals surface area (Å²) < 4.78 is 56.2. The third kappa shape index (κ3) is 8.97. The average molecular weight is 876 g/mol. The topological polar surface area (TPSA) is 178 Å². The molecule has 63 heavy (non-hydrogen) atoms. The number of aryl methyl sites for hydroxylation is 1. The van der Waals surface area contributed by atoms with E-state index in [0.717, 1.165) is 23.4 Å². The molecule has 16 nitrogen and oxygen atoms in total. The molecular weight excluding hydrogens is 827 g/mol. The van der Waals surface area contributed by atoms with Gasteiger partial charge in [-0.05, 0) is 80.1 Å². The quantitative estimate of drug-likeness (QED) is 0.0977. The van der Waals surface area contributed by atoms with Gasteiger partial charge in [0.05, 0.1) is 46.4 Å². The molecule has 3 aromatic carbocycles. The Morgan fingerprint density at radius 1 is 0.810 bits per heavy atom. The van der Waals surface area contributed by atoms with Crippen LogP contribution >= 0.6 is 0 Å². The number of amides is 2. The Balaban J connectivity index is 1.21. The summed E-state index contributed by atoms with van der Waals surface area (Å²) in [6.45, 7) is 1.36. The lowest BCUT2D eigenvalue weighted by molar-refractivity contribution is -0.119. The number of hydrogen-bond acceptors (Lipinski definition) is 11. The number of ether oxygens (including phenoxy) is 4. The molecule has 8 rings (SSSR count). The SMILES string of the molecule is COc1ccc(CN(Cc2ccc(OC)cc2OC)S(=O)(=O)c2ccc(N(Cc3cn4cc(C5CC5)ccc4n3)C(=O)O)cc2N(C)C(=O)[C@H]2C[C@@H]2c2nccc(C)n2)c(OC)c1. The predicted molar refractivity (Wildman–Crippen MR) is 234 cm³/mol. The highest BCUT2D eigenvalue weighted by atomic mass is 32.2. The summed E-state index contributed by atoms with van der Waals surface area (Å²) in [5, 5.41) is 10.7. The van der Waals surface area contributed by atoms with E-state index in [4.69, 9.17) is 23.9 Å². The van der Waals surface area contributed by atoms with Crippen molar-refractivity contribution in [3.8, 4) is 23.0 Å². The van der Waals surface area contributed by atoms with Gasteiger partial charge in [0.2, 0.25) is 15.9 Å². The number of pyridine rings is 1. The maximum Gasteiger partial charge on any atom is 0.412 e. The molecule has 1 N–H and O–H groups in total. The smallest absolute Gasteiger partial charge is 0.412 e. The summed E-state index contributed by atoms with van der Waals surface area (Å²) in [5.41, 5.74) is 4.31. The number of aromatic nitrogens is 4. The number of hydrogen-bond donors (Lipinski definition) is 1. The van der Waals surface area contributed by atoms with E-state index in [9.17, 15) is 14.7 Å². The van der Waals surface area contributed by atoms with E-state index >= 15 is 8.42 Å². The van der Waals surface area contributed by atoms with E-state index in [1.807, 2.05) is 29.7 Å². The van der Waals surface area contributed by atoms with Crippen LogP contribution in [0.15, 0.2) is 96.3 Å². The van der Waals surface area contributed by atoms with Crippen LogP contribution in [0, 0.1) is 12.8 Å². The minimum absolute atomic E-state index is 0.0166. The predicted octanol–water partition coefficient (Wildman–Crippen LogP) is 7.19. The van der Waals surface area contributed by atoms with Gasteiger partial charge >= 0.3 is 6.09 Å². The largest absolute Gasteiger partial charge is 0.497 e. The molecule has 2 fully saturated rings. The molecule has 0 saturated heterocycles. The number of methoxy groups -OCH3 is 4. The highest BCUT2D eigenvalue weighted by Crippen LogP contribution is 2.48. The second-order valence-electron chi connectivity index (χ2n) is 15.8.